The number of rotatable bonds is 6. The van der Waals surface area contributed by atoms with E-state index in [1.54, 1.807) is 0 Å². The van der Waals surface area contributed by atoms with Crippen molar-refractivity contribution in [3.8, 4) is 5.69 Å². The Labute approximate surface area is 152 Å². The van der Waals surface area contributed by atoms with Gasteiger partial charge in [-0.05, 0) is 24.3 Å². The molecule has 0 bridgehead atoms. The molecule has 0 radical (unpaired) electrons. The van der Waals surface area contributed by atoms with Crippen LogP contribution in [0.3, 0.4) is 0 Å². The van der Waals surface area contributed by atoms with Crippen molar-refractivity contribution in [3.05, 3.63) is 54.6 Å². The number of imidazole rings is 1. The summed E-state index contributed by atoms with van der Waals surface area (Å²) in [6, 6.07) is 17.2. The van der Waals surface area contributed by atoms with Gasteiger partial charge in [0, 0.05) is 25.7 Å². The lowest BCUT2D eigenvalue weighted by molar-refractivity contribution is -0.116. The zero-order valence-corrected chi connectivity index (χ0v) is 15.4. The van der Waals surface area contributed by atoms with Crippen molar-refractivity contribution in [1.29, 1.82) is 0 Å². The number of nitrogens with zero attached hydrogens (tertiary/aromatic N) is 3. The first-order valence-electron chi connectivity index (χ1n) is 8.10. The van der Waals surface area contributed by atoms with E-state index in [2.05, 4.69) is 10.3 Å². The van der Waals surface area contributed by atoms with Crippen molar-refractivity contribution in [2.24, 2.45) is 0 Å². The summed E-state index contributed by atoms with van der Waals surface area (Å²) in [4.78, 5) is 16.8. The Morgan fingerprint density at radius 1 is 1.12 bits per heavy atom. The molecule has 0 aliphatic heterocycles. The van der Waals surface area contributed by atoms with Crippen molar-refractivity contribution >= 4 is 32.9 Å². The minimum absolute atomic E-state index is 0.0432. The first-order valence-corrected chi connectivity index (χ1v) is 9.95. The first kappa shape index (κ1) is 18.1. The van der Waals surface area contributed by atoms with Crippen LogP contribution in [0.1, 0.15) is 6.42 Å². The fraction of sp³-hybridized carbons (Fsp3) is 0.222. The Bertz CT molecular complexity index is 1030. The predicted octanol–water partition coefficient (Wildman–Crippen LogP) is 2.25. The molecular weight excluding hydrogens is 352 g/mol. The van der Waals surface area contributed by atoms with Gasteiger partial charge in [-0.3, -0.25) is 14.7 Å². The van der Waals surface area contributed by atoms with Crippen molar-refractivity contribution in [2.45, 2.75) is 6.42 Å². The van der Waals surface area contributed by atoms with Gasteiger partial charge in [0.15, 0.2) is 0 Å². The van der Waals surface area contributed by atoms with Crippen LogP contribution in [0, 0.1) is 0 Å². The number of aromatic nitrogens is 2. The lowest BCUT2D eigenvalue weighted by Crippen LogP contribution is -2.29. The normalized spacial score (nSPS) is 11.8. The third-order valence-corrected chi connectivity index (χ3v) is 5.36. The molecule has 0 spiro atoms. The molecule has 1 heterocycles. The zero-order valence-electron chi connectivity index (χ0n) is 14.6. The summed E-state index contributed by atoms with van der Waals surface area (Å²) in [5.41, 5.74) is 2.52. The highest BCUT2D eigenvalue weighted by molar-refractivity contribution is 7.88. The van der Waals surface area contributed by atoms with E-state index in [4.69, 9.17) is 0 Å². The summed E-state index contributed by atoms with van der Waals surface area (Å²) in [5.74, 6) is 0.109. The second-order valence-electron chi connectivity index (χ2n) is 5.98. The number of anilines is 1. The van der Waals surface area contributed by atoms with Gasteiger partial charge in [0.05, 0.1) is 17.3 Å². The maximum Gasteiger partial charge on any atom is 0.228 e. The summed E-state index contributed by atoms with van der Waals surface area (Å²) >= 11 is 0. The number of amides is 1. The van der Waals surface area contributed by atoms with Gasteiger partial charge in [-0.15, -0.1) is 0 Å². The van der Waals surface area contributed by atoms with E-state index in [9.17, 15) is 13.2 Å². The number of carbonyl (C=O) groups excluding carboxylic acids is 1. The molecule has 3 aromatic rings. The molecule has 136 valence electrons. The Morgan fingerprint density at radius 3 is 2.46 bits per heavy atom. The number of hydrogen-bond acceptors (Lipinski definition) is 4. The quantitative estimate of drug-likeness (QED) is 0.719. The van der Waals surface area contributed by atoms with Gasteiger partial charge in [0.2, 0.25) is 21.9 Å². The standard InChI is InChI=1S/C18H20N4O3S/c1-21(26(2,24)25)13-12-17(23)20-18-19-15-10-6-7-11-16(15)22(18)14-8-4-3-5-9-14/h3-11H,12-13H2,1-2H3,(H,19,20,23). The van der Waals surface area contributed by atoms with Crippen molar-refractivity contribution < 1.29 is 13.2 Å². The molecule has 0 saturated carbocycles. The fourth-order valence-electron chi connectivity index (χ4n) is 2.56. The third-order valence-electron chi connectivity index (χ3n) is 4.05. The number of para-hydroxylation sites is 3. The van der Waals surface area contributed by atoms with Crippen LogP contribution in [-0.2, 0) is 14.8 Å². The largest absolute Gasteiger partial charge is 0.296 e. The Morgan fingerprint density at radius 2 is 1.77 bits per heavy atom. The monoisotopic (exact) mass is 372 g/mol. The predicted molar refractivity (Wildman–Crippen MR) is 102 cm³/mol. The molecular formula is C18H20N4O3S. The lowest BCUT2D eigenvalue weighted by atomic mass is 10.3. The molecule has 7 nitrogen and oxygen atoms in total. The molecule has 3 rings (SSSR count). The number of hydrogen-bond donors (Lipinski definition) is 1. The topological polar surface area (TPSA) is 84.3 Å². The van der Waals surface area contributed by atoms with Crippen LogP contribution >= 0.6 is 0 Å². The molecule has 1 amide bonds. The van der Waals surface area contributed by atoms with E-state index in [-0.39, 0.29) is 18.9 Å². The second kappa shape index (κ2) is 7.27. The van der Waals surface area contributed by atoms with Gasteiger partial charge >= 0.3 is 0 Å². The molecule has 0 unspecified atom stereocenters. The van der Waals surface area contributed by atoms with E-state index in [1.165, 1.54) is 7.05 Å². The zero-order chi connectivity index (χ0) is 18.7. The number of benzene rings is 2. The Kier molecular flexibility index (Phi) is 5.06. The molecule has 0 atom stereocenters. The molecule has 1 aromatic heterocycles. The van der Waals surface area contributed by atoms with Crippen LogP contribution < -0.4 is 5.32 Å². The summed E-state index contributed by atoms with van der Waals surface area (Å²) in [7, 11) is -1.86. The molecule has 0 aliphatic rings. The number of carbonyl (C=O) groups is 1. The Hall–Kier alpha value is -2.71. The number of sulfonamides is 1. The minimum atomic E-state index is -3.31. The Balaban J connectivity index is 1.87. The van der Waals surface area contributed by atoms with Crippen LogP contribution in [0.5, 0.6) is 0 Å². The molecule has 2 aromatic carbocycles. The van der Waals surface area contributed by atoms with Crippen LogP contribution in [0.15, 0.2) is 54.6 Å². The molecule has 26 heavy (non-hydrogen) atoms. The SMILES string of the molecule is CN(CCC(=O)Nc1nc2ccccc2n1-c1ccccc1)S(C)(=O)=O. The highest BCUT2D eigenvalue weighted by atomic mass is 32.2. The van der Waals surface area contributed by atoms with E-state index < -0.39 is 10.0 Å². The van der Waals surface area contributed by atoms with Crippen molar-refractivity contribution in [2.75, 3.05) is 25.2 Å². The van der Waals surface area contributed by atoms with Crippen LogP contribution in [0.2, 0.25) is 0 Å². The van der Waals surface area contributed by atoms with Gasteiger partial charge in [-0.2, -0.15) is 0 Å². The molecule has 8 heteroatoms. The molecule has 0 aliphatic carbocycles. The average molecular weight is 372 g/mol. The van der Waals surface area contributed by atoms with Gasteiger partial charge < -0.3 is 0 Å². The van der Waals surface area contributed by atoms with E-state index >= 15 is 0 Å². The van der Waals surface area contributed by atoms with E-state index in [0.29, 0.717) is 5.95 Å². The summed E-state index contributed by atoms with van der Waals surface area (Å²) in [6.45, 7) is 0.107. The first-order chi connectivity index (χ1) is 12.4. The highest BCUT2D eigenvalue weighted by Crippen LogP contribution is 2.24. The van der Waals surface area contributed by atoms with Gasteiger partial charge in [-0.25, -0.2) is 17.7 Å². The van der Waals surface area contributed by atoms with Crippen LogP contribution in [0.25, 0.3) is 16.7 Å². The maximum absolute atomic E-state index is 12.3. The summed E-state index contributed by atoms with van der Waals surface area (Å²) in [6.07, 6.45) is 1.15. The van der Waals surface area contributed by atoms with Gasteiger partial charge in [-0.1, -0.05) is 30.3 Å². The summed E-state index contributed by atoms with van der Waals surface area (Å²) in [5, 5.41) is 2.80. The molecule has 0 fully saturated rings. The third kappa shape index (κ3) is 3.92. The second-order valence-corrected chi connectivity index (χ2v) is 8.07. The minimum Gasteiger partial charge on any atom is -0.296 e. The van der Waals surface area contributed by atoms with Crippen molar-refractivity contribution in [1.82, 2.24) is 13.9 Å². The fourth-order valence-corrected chi connectivity index (χ4v) is 2.98. The smallest absolute Gasteiger partial charge is 0.228 e. The maximum atomic E-state index is 12.3. The highest BCUT2D eigenvalue weighted by Gasteiger charge is 2.16. The number of nitrogens with one attached hydrogen (secondary N) is 1. The van der Waals surface area contributed by atoms with Gasteiger partial charge in [0.1, 0.15) is 0 Å². The molecule has 0 saturated heterocycles. The van der Waals surface area contributed by atoms with Crippen molar-refractivity contribution in [3.63, 3.8) is 0 Å². The lowest BCUT2D eigenvalue weighted by Gasteiger charge is -2.14. The average Bonchev–Trinajstić information content (AvgIpc) is 2.97. The summed E-state index contributed by atoms with van der Waals surface area (Å²) < 4.78 is 25.9. The molecule has 1 N–H and O–H groups in total. The van der Waals surface area contributed by atoms with Crippen LogP contribution in [0.4, 0.5) is 5.95 Å². The van der Waals surface area contributed by atoms with E-state index in [0.717, 1.165) is 27.3 Å². The van der Waals surface area contributed by atoms with Gasteiger partial charge in [0.25, 0.3) is 0 Å². The van der Waals surface area contributed by atoms with E-state index in [1.807, 2.05) is 59.2 Å². The number of fused-ring (bicyclic) bond motifs is 1. The van der Waals surface area contributed by atoms with Crippen LogP contribution in [-0.4, -0.2) is 48.0 Å².